The molecule has 0 spiro atoms. The zero-order chi connectivity index (χ0) is 23.5. The van der Waals surface area contributed by atoms with Gasteiger partial charge in [0.15, 0.2) is 0 Å². The number of halogens is 1. The first-order chi connectivity index (χ1) is 15.9. The van der Waals surface area contributed by atoms with Crippen LogP contribution in [0, 0.1) is 0 Å². The van der Waals surface area contributed by atoms with E-state index in [1.165, 1.54) is 6.33 Å². The van der Waals surface area contributed by atoms with E-state index in [2.05, 4.69) is 37.7 Å². The number of nitrogens with two attached hydrogens (primary N) is 1. The summed E-state index contributed by atoms with van der Waals surface area (Å²) in [5.74, 6) is 0.384. The fourth-order valence-electron chi connectivity index (χ4n) is 4.47. The zero-order valence-electron chi connectivity index (χ0n) is 18.5. The van der Waals surface area contributed by atoms with Crippen LogP contribution >= 0.6 is 27.3 Å². The molecule has 1 aromatic carbocycles. The average molecular weight is 528 g/mol. The predicted molar refractivity (Wildman–Crippen MR) is 136 cm³/mol. The highest BCUT2D eigenvalue weighted by atomic mass is 79.9. The van der Waals surface area contributed by atoms with Crippen molar-refractivity contribution in [1.82, 2.24) is 19.8 Å². The number of piperazine rings is 1. The lowest BCUT2D eigenvalue weighted by atomic mass is 9.95. The molecule has 9 heteroatoms. The van der Waals surface area contributed by atoms with E-state index in [-0.39, 0.29) is 18.0 Å². The normalized spacial score (nSPS) is 21.7. The molecule has 3 unspecified atom stereocenters. The maximum Gasteiger partial charge on any atom is 0.246 e. The number of hydrogen-bond acceptors (Lipinski definition) is 7. The predicted octanol–water partition coefficient (Wildman–Crippen LogP) is 4.13. The fourth-order valence-corrected chi connectivity index (χ4v) is 5.80. The van der Waals surface area contributed by atoms with Crippen molar-refractivity contribution in [2.24, 2.45) is 0 Å². The number of aldehydes is 1. The number of anilines is 1. The van der Waals surface area contributed by atoms with Gasteiger partial charge in [-0.25, -0.2) is 9.97 Å². The molecular formula is C24H26BrN5O2S. The maximum absolute atomic E-state index is 13.1. The van der Waals surface area contributed by atoms with Crippen molar-refractivity contribution >= 4 is 62.3 Å². The van der Waals surface area contributed by atoms with Crippen LogP contribution in [0.25, 0.3) is 17.0 Å². The Labute approximate surface area is 205 Å². The molecule has 3 heterocycles. The molecule has 3 aromatic rings. The van der Waals surface area contributed by atoms with Gasteiger partial charge in [-0.2, -0.15) is 0 Å². The molecule has 172 valence electrons. The molecule has 1 aliphatic heterocycles. The summed E-state index contributed by atoms with van der Waals surface area (Å²) in [5.41, 5.74) is 7.76. The molecular weight excluding hydrogens is 502 g/mol. The van der Waals surface area contributed by atoms with Crippen molar-refractivity contribution in [1.29, 1.82) is 0 Å². The summed E-state index contributed by atoms with van der Waals surface area (Å²) in [7, 11) is 0. The van der Waals surface area contributed by atoms with Crippen molar-refractivity contribution in [2.75, 3.05) is 12.3 Å². The van der Waals surface area contributed by atoms with E-state index >= 15 is 0 Å². The summed E-state index contributed by atoms with van der Waals surface area (Å²) >= 11 is 5.00. The number of thiophene rings is 1. The molecule has 1 amide bonds. The summed E-state index contributed by atoms with van der Waals surface area (Å²) in [5, 5.41) is 2.79. The summed E-state index contributed by atoms with van der Waals surface area (Å²) < 4.78 is 0.997. The van der Waals surface area contributed by atoms with Crippen LogP contribution in [-0.4, -0.2) is 56.6 Å². The number of carbonyl (C=O) groups is 2. The summed E-state index contributed by atoms with van der Waals surface area (Å²) in [6, 6.07) is 7.32. The monoisotopic (exact) mass is 527 g/mol. The Hall–Kier alpha value is -2.62. The highest BCUT2D eigenvalue weighted by molar-refractivity contribution is 9.10. The van der Waals surface area contributed by atoms with Gasteiger partial charge in [-0.05, 0) is 59.1 Å². The van der Waals surface area contributed by atoms with Crippen LogP contribution in [0.3, 0.4) is 0 Å². The SMILES string of the molecule is CCC1C(C=O)N(Cc2ccc3c(N)ncnc3c2)C(C)CN1C(=O)C=Cc1cc(Br)cs1. The Balaban J connectivity index is 1.55. The van der Waals surface area contributed by atoms with Gasteiger partial charge in [0, 0.05) is 45.3 Å². The minimum atomic E-state index is -0.391. The second-order valence-electron chi connectivity index (χ2n) is 8.23. The third-order valence-corrected chi connectivity index (χ3v) is 7.78. The topological polar surface area (TPSA) is 92.4 Å². The van der Waals surface area contributed by atoms with Crippen LogP contribution in [0.1, 0.15) is 30.7 Å². The first-order valence-electron chi connectivity index (χ1n) is 10.8. The van der Waals surface area contributed by atoms with Crippen LogP contribution in [0.2, 0.25) is 0 Å². The molecule has 1 fully saturated rings. The van der Waals surface area contributed by atoms with Gasteiger partial charge in [0.1, 0.15) is 18.4 Å². The van der Waals surface area contributed by atoms with E-state index in [1.54, 1.807) is 17.4 Å². The van der Waals surface area contributed by atoms with E-state index in [0.29, 0.717) is 25.3 Å². The lowest BCUT2D eigenvalue weighted by Crippen LogP contribution is -2.64. The maximum atomic E-state index is 13.1. The van der Waals surface area contributed by atoms with Gasteiger partial charge in [0.05, 0.1) is 17.6 Å². The van der Waals surface area contributed by atoms with Gasteiger partial charge in [0.2, 0.25) is 5.91 Å². The number of aromatic nitrogens is 2. The minimum absolute atomic E-state index is 0.0161. The number of rotatable bonds is 6. The van der Waals surface area contributed by atoms with Gasteiger partial charge in [-0.15, -0.1) is 11.3 Å². The van der Waals surface area contributed by atoms with Gasteiger partial charge < -0.3 is 15.4 Å². The second kappa shape index (κ2) is 10.1. The molecule has 33 heavy (non-hydrogen) atoms. The van der Waals surface area contributed by atoms with Crippen molar-refractivity contribution in [3.05, 3.63) is 57.0 Å². The van der Waals surface area contributed by atoms with Crippen LogP contribution in [0.15, 0.2) is 46.5 Å². The first-order valence-corrected chi connectivity index (χ1v) is 12.5. The fraction of sp³-hybridized carbons (Fsp3) is 0.333. The number of hydrogen-bond donors (Lipinski definition) is 1. The van der Waals surface area contributed by atoms with Crippen LogP contribution in [0.4, 0.5) is 5.82 Å². The van der Waals surface area contributed by atoms with E-state index in [1.807, 2.05) is 47.5 Å². The molecule has 3 atom stereocenters. The number of nitrogen functional groups attached to an aromatic ring is 1. The van der Waals surface area contributed by atoms with Crippen molar-refractivity contribution in [3.8, 4) is 0 Å². The Bertz CT molecular complexity index is 1200. The molecule has 7 nitrogen and oxygen atoms in total. The highest BCUT2D eigenvalue weighted by Gasteiger charge is 2.40. The van der Waals surface area contributed by atoms with Gasteiger partial charge in [-0.1, -0.05) is 13.0 Å². The van der Waals surface area contributed by atoms with E-state index in [0.717, 1.165) is 32.1 Å². The minimum Gasteiger partial charge on any atom is -0.383 e. The van der Waals surface area contributed by atoms with Gasteiger partial charge in [-0.3, -0.25) is 9.69 Å². The van der Waals surface area contributed by atoms with E-state index in [9.17, 15) is 9.59 Å². The van der Waals surface area contributed by atoms with Crippen LogP contribution in [-0.2, 0) is 16.1 Å². The zero-order valence-corrected chi connectivity index (χ0v) is 20.9. The van der Waals surface area contributed by atoms with Crippen molar-refractivity contribution in [2.45, 2.75) is 44.9 Å². The lowest BCUT2D eigenvalue weighted by molar-refractivity contribution is -0.138. The molecule has 1 aliphatic rings. The summed E-state index contributed by atoms with van der Waals surface area (Å²) in [6.45, 7) is 5.22. The van der Waals surface area contributed by atoms with Crippen LogP contribution in [0.5, 0.6) is 0 Å². The smallest absolute Gasteiger partial charge is 0.246 e. The van der Waals surface area contributed by atoms with Crippen LogP contribution < -0.4 is 5.73 Å². The molecule has 0 aliphatic carbocycles. The summed E-state index contributed by atoms with van der Waals surface area (Å²) in [6.07, 6.45) is 6.57. The molecule has 2 N–H and O–H groups in total. The average Bonchev–Trinajstić information content (AvgIpc) is 3.23. The molecule has 0 bridgehead atoms. The van der Waals surface area contributed by atoms with Crippen molar-refractivity contribution < 1.29 is 9.59 Å². The Morgan fingerprint density at radius 1 is 1.33 bits per heavy atom. The quantitative estimate of drug-likeness (QED) is 0.382. The Kier molecular flexibility index (Phi) is 7.21. The third kappa shape index (κ3) is 5.00. The number of amides is 1. The Morgan fingerprint density at radius 2 is 2.15 bits per heavy atom. The van der Waals surface area contributed by atoms with Gasteiger partial charge in [0.25, 0.3) is 0 Å². The largest absolute Gasteiger partial charge is 0.383 e. The second-order valence-corrected chi connectivity index (χ2v) is 10.1. The van der Waals surface area contributed by atoms with E-state index < -0.39 is 6.04 Å². The molecule has 4 rings (SSSR count). The summed E-state index contributed by atoms with van der Waals surface area (Å²) in [4.78, 5) is 38.7. The molecule has 0 saturated carbocycles. The van der Waals surface area contributed by atoms with E-state index in [4.69, 9.17) is 5.73 Å². The first kappa shape index (κ1) is 23.5. The number of fused-ring (bicyclic) bond motifs is 1. The molecule has 0 radical (unpaired) electrons. The van der Waals surface area contributed by atoms with Gasteiger partial charge >= 0.3 is 0 Å². The lowest BCUT2D eigenvalue weighted by Gasteiger charge is -2.48. The van der Waals surface area contributed by atoms with Crippen molar-refractivity contribution in [3.63, 3.8) is 0 Å². The highest BCUT2D eigenvalue weighted by Crippen LogP contribution is 2.27. The standard InChI is InChI=1S/C24H26BrN5O2S/c1-3-21-22(12-31)29(11-16-4-6-19-20(8-16)27-14-28-24(19)26)15(2)10-30(21)23(32)7-5-18-9-17(25)13-33-18/h4-9,12-15,21-22H,3,10-11H2,1-2H3,(H2,26,27,28). The number of benzene rings is 1. The third-order valence-electron chi connectivity index (χ3n) is 6.12. The number of nitrogens with zero attached hydrogens (tertiary/aromatic N) is 4. The molecule has 1 saturated heterocycles. The number of carbonyl (C=O) groups excluding carboxylic acids is 2. The Morgan fingerprint density at radius 3 is 2.85 bits per heavy atom. The molecule has 2 aromatic heterocycles.